The first-order valence-electron chi connectivity index (χ1n) is 5.79. The second kappa shape index (κ2) is 4.40. The SMILES string of the molecule is CCn1c(O)c(C2=c3ccccc3=NC2=O)sc1=S. The van der Waals surface area contributed by atoms with Crippen molar-refractivity contribution in [2.24, 2.45) is 4.99 Å². The van der Waals surface area contributed by atoms with Gasteiger partial charge in [-0.2, -0.15) is 0 Å². The lowest BCUT2D eigenvalue weighted by atomic mass is 10.1. The van der Waals surface area contributed by atoms with Crippen LogP contribution in [0.1, 0.15) is 11.8 Å². The van der Waals surface area contributed by atoms with Crippen molar-refractivity contribution >= 4 is 35.0 Å². The van der Waals surface area contributed by atoms with Gasteiger partial charge in [-0.15, -0.1) is 11.3 Å². The molecule has 19 heavy (non-hydrogen) atoms. The van der Waals surface area contributed by atoms with E-state index in [1.165, 1.54) is 11.3 Å². The Morgan fingerprint density at radius 1 is 1.42 bits per heavy atom. The molecular formula is C13H10N2O2S2. The molecule has 2 aromatic rings. The molecule has 1 aliphatic rings. The molecule has 1 aromatic heterocycles. The van der Waals surface area contributed by atoms with Crippen LogP contribution in [0.2, 0.25) is 0 Å². The van der Waals surface area contributed by atoms with Crippen molar-refractivity contribution in [3.05, 3.63) is 43.7 Å². The maximum Gasteiger partial charge on any atom is 0.279 e. The van der Waals surface area contributed by atoms with E-state index in [-0.39, 0.29) is 11.8 Å². The van der Waals surface area contributed by atoms with E-state index in [9.17, 15) is 9.90 Å². The van der Waals surface area contributed by atoms with Crippen LogP contribution in [0.15, 0.2) is 29.3 Å². The molecule has 0 atom stereocenters. The van der Waals surface area contributed by atoms with Crippen molar-refractivity contribution in [1.29, 1.82) is 0 Å². The van der Waals surface area contributed by atoms with Crippen molar-refractivity contribution in [1.82, 2.24) is 4.57 Å². The molecule has 0 fully saturated rings. The number of carbonyl (C=O) groups is 1. The minimum absolute atomic E-state index is 0.0488. The summed E-state index contributed by atoms with van der Waals surface area (Å²) >= 11 is 6.44. The molecule has 2 heterocycles. The number of hydrogen-bond donors (Lipinski definition) is 1. The largest absolute Gasteiger partial charge is 0.493 e. The van der Waals surface area contributed by atoms with Crippen LogP contribution >= 0.6 is 23.6 Å². The summed E-state index contributed by atoms with van der Waals surface area (Å²) in [6, 6.07) is 7.29. The Balaban J connectivity index is 2.39. The lowest BCUT2D eigenvalue weighted by Crippen LogP contribution is -2.22. The van der Waals surface area contributed by atoms with Gasteiger partial charge in [-0.05, 0) is 25.2 Å². The summed E-state index contributed by atoms with van der Waals surface area (Å²) in [6.45, 7) is 2.47. The van der Waals surface area contributed by atoms with Crippen LogP contribution in [0.5, 0.6) is 5.88 Å². The van der Waals surface area contributed by atoms with Gasteiger partial charge in [0.05, 0.1) is 10.9 Å². The van der Waals surface area contributed by atoms with Crippen LogP contribution in [0.25, 0.3) is 5.57 Å². The van der Waals surface area contributed by atoms with E-state index < -0.39 is 0 Å². The Labute approximate surface area is 118 Å². The maximum absolute atomic E-state index is 12.0. The number of hydrogen-bond acceptors (Lipinski definition) is 4. The number of fused-ring (bicyclic) bond motifs is 1. The third-order valence-corrected chi connectivity index (χ3v) is 4.48. The van der Waals surface area contributed by atoms with E-state index in [1.54, 1.807) is 10.6 Å². The number of amides is 1. The lowest BCUT2D eigenvalue weighted by Gasteiger charge is -2.00. The summed E-state index contributed by atoms with van der Waals surface area (Å²) in [6.07, 6.45) is 0. The quantitative estimate of drug-likeness (QED) is 0.850. The third-order valence-electron chi connectivity index (χ3n) is 3.02. The number of aromatic nitrogens is 1. The van der Waals surface area contributed by atoms with Gasteiger partial charge in [0, 0.05) is 11.8 Å². The van der Waals surface area contributed by atoms with Gasteiger partial charge in [0.25, 0.3) is 5.91 Å². The summed E-state index contributed by atoms with van der Waals surface area (Å²) in [5.74, 6) is -0.274. The summed E-state index contributed by atoms with van der Waals surface area (Å²) < 4.78 is 2.16. The standard InChI is InChI=1S/C13H10N2O2S2/c1-2-15-12(17)10(19-13(15)18)9-7-5-3-4-6-8(7)14-11(9)16/h3-6,17H,2H2,1H3. The zero-order chi connectivity index (χ0) is 13.6. The van der Waals surface area contributed by atoms with E-state index in [0.29, 0.717) is 26.3 Å². The van der Waals surface area contributed by atoms with Crippen molar-refractivity contribution in [2.75, 3.05) is 0 Å². The first-order chi connectivity index (χ1) is 9.13. The average molecular weight is 290 g/mol. The topological polar surface area (TPSA) is 54.6 Å². The Kier molecular flexibility index (Phi) is 2.83. The molecule has 0 spiro atoms. The van der Waals surface area contributed by atoms with Crippen molar-refractivity contribution < 1.29 is 9.90 Å². The number of benzene rings is 1. The molecule has 96 valence electrons. The maximum atomic E-state index is 12.0. The summed E-state index contributed by atoms with van der Waals surface area (Å²) in [5, 5.41) is 11.6. The number of para-hydroxylation sites is 1. The lowest BCUT2D eigenvalue weighted by molar-refractivity contribution is -0.112. The van der Waals surface area contributed by atoms with Gasteiger partial charge in [0.1, 0.15) is 4.88 Å². The van der Waals surface area contributed by atoms with Gasteiger partial charge in [0.2, 0.25) is 5.88 Å². The molecule has 1 N–H and O–H groups in total. The van der Waals surface area contributed by atoms with Gasteiger partial charge < -0.3 is 5.11 Å². The van der Waals surface area contributed by atoms with Crippen molar-refractivity contribution in [3.8, 4) is 5.88 Å². The molecule has 1 amide bonds. The Morgan fingerprint density at radius 3 is 2.84 bits per heavy atom. The number of nitrogens with zero attached hydrogens (tertiary/aromatic N) is 2. The number of aromatic hydroxyl groups is 1. The molecule has 4 nitrogen and oxygen atoms in total. The van der Waals surface area contributed by atoms with Crippen LogP contribution in [0.4, 0.5) is 0 Å². The second-order valence-corrected chi connectivity index (χ2v) is 5.72. The van der Waals surface area contributed by atoms with E-state index in [4.69, 9.17) is 12.2 Å². The highest BCUT2D eigenvalue weighted by Gasteiger charge is 2.24. The summed E-state index contributed by atoms with van der Waals surface area (Å²) in [5.41, 5.74) is 0.441. The van der Waals surface area contributed by atoms with E-state index in [0.717, 1.165) is 5.22 Å². The Morgan fingerprint density at radius 2 is 2.16 bits per heavy atom. The zero-order valence-electron chi connectivity index (χ0n) is 10.1. The number of rotatable bonds is 2. The molecule has 3 rings (SSSR count). The second-order valence-electron chi connectivity index (χ2n) is 4.07. The fraction of sp³-hybridized carbons (Fsp3) is 0.154. The molecular weight excluding hydrogens is 280 g/mol. The monoisotopic (exact) mass is 290 g/mol. The summed E-state index contributed by atoms with van der Waals surface area (Å²) in [4.78, 5) is 16.5. The Hall–Kier alpha value is -1.79. The molecule has 0 saturated carbocycles. The third kappa shape index (κ3) is 1.75. The fourth-order valence-corrected chi connectivity index (χ4v) is 3.59. The average Bonchev–Trinajstić information content (AvgIpc) is 2.85. The predicted molar refractivity (Wildman–Crippen MR) is 75.2 cm³/mol. The molecule has 0 radical (unpaired) electrons. The number of carbonyl (C=O) groups excluding carboxylic acids is 1. The Bertz CT molecular complexity index is 861. The van der Waals surface area contributed by atoms with Crippen LogP contribution < -0.4 is 10.6 Å². The van der Waals surface area contributed by atoms with E-state index >= 15 is 0 Å². The van der Waals surface area contributed by atoms with E-state index in [1.807, 2.05) is 25.1 Å². The minimum atomic E-state index is -0.323. The van der Waals surface area contributed by atoms with Crippen LogP contribution in [0, 0.1) is 3.95 Å². The molecule has 0 bridgehead atoms. The van der Waals surface area contributed by atoms with Gasteiger partial charge in [-0.3, -0.25) is 9.36 Å². The van der Waals surface area contributed by atoms with Crippen LogP contribution in [-0.2, 0) is 11.3 Å². The van der Waals surface area contributed by atoms with Crippen molar-refractivity contribution in [3.63, 3.8) is 0 Å². The molecule has 1 aromatic carbocycles. The van der Waals surface area contributed by atoms with Gasteiger partial charge >= 0.3 is 0 Å². The predicted octanol–water partition coefficient (Wildman–Crippen LogP) is 1.36. The molecule has 1 aliphatic heterocycles. The zero-order valence-corrected chi connectivity index (χ0v) is 11.7. The first kappa shape index (κ1) is 12.3. The molecule has 0 saturated heterocycles. The highest BCUT2D eigenvalue weighted by atomic mass is 32.1. The number of thiazole rings is 1. The van der Waals surface area contributed by atoms with Crippen LogP contribution in [-0.4, -0.2) is 15.6 Å². The van der Waals surface area contributed by atoms with Crippen molar-refractivity contribution in [2.45, 2.75) is 13.5 Å². The highest BCUT2D eigenvalue weighted by Crippen LogP contribution is 2.32. The van der Waals surface area contributed by atoms with Gasteiger partial charge in [-0.1, -0.05) is 18.2 Å². The van der Waals surface area contributed by atoms with E-state index in [2.05, 4.69) is 4.99 Å². The smallest absolute Gasteiger partial charge is 0.279 e. The highest BCUT2D eigenvalue weighted by molar-refractivity contribution is 7.73. The van der Waals surface area contributed by atoms with Gasteiger partial charge in [0.15, 0.2) is 3.95 Å². The molecule has 6 heteroatoms. The molecule has 0 unspecified atom stereocenters. The van der Waals surface area contributed by atoms with Crippen LogP contribution in [0.3, 0.4) is 0 Å². The minimum Gasteiger partial charge on any atom is -0.493 e. The fourth-order valence-electron chi connectivity index (χ4n) is 2.12. The summed E-state index contributed by atoms with van der Waals surface area (Å²) in [7, 11) is 0. The first-order valence-corrected chi connectivity index (χ1v) is 7.01. The molecule has 0 aliphatic carbocycles. The van der Waals surface area contributed by atoms with Gasteiger partial charge in [-0.25, -0.2) is 4.99 Å². The normalized spacial score (nSPS) is 13.5.